The second kappa shape index (κ2) is 5.00. The van der Waals surface area contributed by atoms with Crippen molar-refractivity contribution >= 4 is 0 Å². The summed E-state index contributed by atoms with van der Waals surface area (Å²) in [4.78, 5) is 0. The van der Waals surface area contributed by atoms with Crippen LogP contribution in [0.15, 0.2) is 0 Å². The summed E-state index contributed by atoms with van der Waals surface area (Å²) < 4.78 is 20.8. The summed E-state index contributed by atoms with van der Waals surface area (Å²) in [5.74, 6) is 0. The lowest BCUT2D eigenvalue weighted by molar-refractivity contribution is -0.108. The molecule has 50 valence electrons. The maximum absolute atomic E-state index is 11.5. The van der Waals surface area contributed by atoms with Crippen LogP contribution in [0, 0.1) is 0 Å². The van der Waals surface area contributed by atoms with Crippen LogP contribution in [0.2, 0.25) is 0 Å². The smallest absolute Gasteiger partial charge is 0.159 e. The van der Waals surface area contributed by atoms with Gasteiger partial charge in [0.05, 0.1) is 6.67 Å². The minimum Gasteiger partial charge on any atom is -0.356 e. The number of methoxy groups -OCH3 is 2. The minimum absolute atomic E-state index is 0.312. The molecule has 0 bridgehead atoms. The number of alkyl halides is 1. The Bertz CT molecular complexity index is 45.7. The van der Waals surface area contributed by atoms with Crippen molar-refractivity contribution in [3.8, 4) is 0 Å². The molecule has 0 aromatic heterocycles. The third-order valence-electron chi connectivity index (χ3n) is 0.871. The van der Waals surface area contributed by atoms with Crippen LogP contribution in [-0.2, 0) is 9.47 Å². The van der Waals surface area contributed by atoms with Gasteiger partial charge in [-0.25, -0.2) is 0 Å². The molecule has 3 heteroatoms. The Morgan fingerprint density at radius 3 is 2.00 bits per heavy atom. The molecule has 0 heterocycles. The normalized spacial score (nSPS) is 10.5. The van der Waals surface area contributed by atoms with Gasteiger partial charge in [-0.15, -0.1) is 0 Å². The van der Waals surface area contributed by atoms with Gasteiger partial charge in [0.25, 0.3) is 0 Å². The van der Waals surface area contributed by atoms with Crippen molar-refractivity contribution in [2.24, 2.45) is 0 Å². The molecule has 2 nitrogen and oxygen atoms in total. The first-order valence-corrected chi connectivity index (χ1v) is 2.46. The Labute approximate surface area is 48.6 Å². The summed E-state index contributed by atoms with van der Waals surface area (Å²) in [6, 6.07) is 0. The van der Waals surface area contributed by atoms with Gasteiger partial charge in [-0.2, -0.15) is 0 Å². The highest BCUT2D eigenvalue weighted by Gasteiger charge is 2.01. The van der Waals surface area contributed by atoms with E-state index in [0.29, 0.717) is 6.42 Å². The average molecular weight is 122 g/mol. The number of hydrogen-bond donors (Lipinski definition) is 0. The molecule has 0 spiro atoms. The molecular weight excluding hydrogens is 111 g/mol. The van der Waals surface area contributed by atoms with Gasteiger partial charge in [0.15, 0.2) is 6.29 Å². The molecule has 0 aliphatic rings. The van der Waals surface area contributed by atoms with Crippen LogP contribution in [0.3, 0.4) is 0 Å². The topological polar surface area (TPSA) is 18.5 Å². The Morgan fingerprint density at radius 1 is 1.38 bits per heavy atom. The van der Waals surface area contributed by atoms with Crippen molar-refractivity contribution in [2.75, 3.05) is 20.9 Å². The van der Waals surface area contributed by atoms with Crippen LogP contribution < -0.4 is 0 Å². The number of halogens is 1. The maximum Gasteiger partial charge on any atom is 0.159 e. The highest BCUT2D eigenvalue weighted by molar-refractivity contribution is 4.38. The van der Waals surface area contributed by atoms with Gasteiger partial charge in [-0.1, -0.05) is 0 Å². The van der Waals surface area contributed by atoms with Gasteiger partial charge < -0.3 is 9.47 Å². The zero-order valence-electron chi connectivity index (χ0n) is 5.19. The van der Waals surface area contributed by atoms with E-state index in [9.17, 15) is 4.39 Å². The molecule has 0 amide bonds. The van der Waals surface area contributed by atoms with Gasteiger partial charge in [-0.3, -0.25) is 4.39 Å². The van der Waals surface area contributed by atoms with E-state index in [1.807, 2.05) is 0 Å². The fraction of sp³-hybridized carbons (Fsp3) is 1.00. The van der Waals surface area contributed by atoms with Crippen LogP contribution in [0.25, 0.3) is 0 Å². The third-order valence-corrected chi connectivity index (χ3v) is 0.871. The van der Waals surface area contributed by atoms with Crippen LogP contribution in [-0.4, -0.2) is 27.2 Å². The van der Waals surface area contributed by atoms with E-state index in [4.69, 9.17) is 0 Å². The van der Waals surface area contributed by atoms with Crippen molar-refractivity contribution < 1.29 is 13.9 Å². The lowest BCUT2D eigenvalue weighted by Gasteiger charge is -2.09. The molecule has 0 saturated heterocycles. The second-order valence-corrected chi connectivity index (χ2v) is 1.38. The summed E-state index contributed by atoms with van der Waals surface area (Å²) >= 11 is 0. The zero-order chi connectivity index (χ0) is 6.41. The molecule has 0 aliphatic carbocycles. The average Bonchev–Trinajstić information content (AvgIpc) is 1.83. The van der Waals surface area contributed by atoms with Gasteiger partial charge >= 0.3 is 0 Å². The summed E-state index contributed by atoms with van der Waals surface area (Å²) in [5, 5.41) is 0. The molecule has 0 saturated carbocycles. The maximum atomic E-state index is 11.5. The van der Waals surface area contributed by atoms with Crippen molar-refractivity contribution in [1.82, 2.24) is 0 Å². The summed E-state index contributed by atoms with van der Waals surface area (Å²) in [6.07, 6.45) is -0.0625. The van der Waals surface area contributed by atoms with E-state index in [1.54, 1.807) is 0 Å². The third kappa shape index (κ3) is 2.93. The number of hydrogen-bond acceptors (Lipinski definition) is 2. The molecule has 0 aromatic carbocycles. The first kappa shape index (κ1) is 7.85. The second-order valence-electron chi connectivity index (χ2n) is 1.38. The summed E-state index contributed by atoms with van der Waals surface area (Å²) in [5.41, 5.74) is 0. The monoisotopic (exact) mass is 122 g/mol. The molecule has 0 rings (SSSR count). The van der Waals surface area contributed by atoms with Gasteiger partial charge in [0, 0.05) is 20.6 Å². The Balaban J connectivity index is 3.07. The first-order valence-electron chi connectivity index (χ1n) is 2.46. The molecule has 0 atom stereocenters. The number of ether oxygens (including phenoxy) is 2. The fourth-order valence-corrected chi connectivity index (χ4v) is 0.421. The van der Waals surface area contributed by atoms with E-state index in [0.717, 1.165) is 0 Å². The van der Waals surface area contributed by atoms with Crippen molar-refractivity contribution in [3.05, 3.63) is 0 Å². The molecule has 8 heavy (non-hydrogen) atoms. The Morgan fingerprint density at radius 2 is 1.88 bits per heavy atom. The van der Waals surface area contributed by atoms with Crippen LogP contribution in [0.4, 0.5) is 4.39 Å². The molecule has 0 unspecified atom stereocenters. The largest absolute Gasteiger partial charge is 0.356 e. The molecule has 0 radical (unpaired) electrons. The molecule has 0 N–H and O–H groups in total. The summed E-state index contributed by atoms with van der Waals surface area (Å²) in [6.45, 7) is -0.396. The van der Waals surface area contributed by atoms with E-state index >= 15 is 0 Å². The standard InChI is InChI=1S/C5H11FO2/c1-7-5(8-2)3-4-6/h5H,3-4H2,1-2H3. The van der Waals surface area contributed by atoms with Crippen molar-refractivity contribution in [3.63, 3.8) is 0 Å². The Hall–Kier alpha value is -0.150. The van der Waals surface area contributed by atoms with E-state index in [2.05, 4.69) is 9.47 Å². The van der Waals surface area contributed by atoms with Crippen LogP contribution in [0.5, 0.6) is 0 Å². The van der Waals surface area contributed by atoms with Crippen LogP contribution in [0.1, 0.15) is 6.42 Å². The highest BCUT2D eigenvalue weighted by atomic mass is 19.1. The van der Waals surface area contributed by atoms with E-state index in [1.165, 1.54) is 14.2 Å². The van der Waals surface area contributed by atoms with Crippen molar-refractivity contribution in [2.45, 2.75) is 12.7 Å². The lowest BCUT2D eigenvalue weighted by Crippen LogP contribution is -2.12. The molecule has 0 aromatic rings. The zero-order valence-corrected chi connectivity index (χ0v) is 5.19. The minimum atomic E-state index is -0.396. The predicted molar refractivity (Wildman–Crippen MR) is 28.4 cm³/mol. The van der Waals surface area contributed by atoms with E-state index < -0.39 is 6.67 Å². The Kier molecular flexibility index (Phi) is 4.90. The van der Waals surface area contributed by atoms with Gasteiger partial charge in [0.2, 0.25) is 0 Å². The SMILES string of the molecule is COC(CCF)OC. The quantitative estimate of drug-likeness (QED) is 0.517. The van der Waals surface area contributed by atoms with Gasteiger partial charge in [0.1, 0.15) is 0 Å². The number of rotatable bonds is 4. The lowest BCUT2D eigenvalue weighted by atomic mass is 10.5. The van der Waals surface area contributed by atoms with E-state index in [-0.39, 0.29) is 6.29 Å². The summed E-state index contributed by atoms with van der Waals surface area (Å²) in [7, 11) is 2.98. The van der Waals surface area contributed by atoms with Gasteiger partial charge in [-0.05, 0) is 0 Å². The fourth-order valence-electron chi connectivity index (χ4n) is 0.421. The molecular formula is C5H11FO2. The molecule has 0 aliphatic heterocycles. The first-order chi connectivity index (χ1) is 3.85. The predicted octanol–water partition coefficient (Wildman–Crippen LogP) is 0.965. The highest BCUT2D eigenvalue weighted by Crippen LogP contribution is 1.96. The molecule has 0 fully saturated rings. The van der Waals surface area contributed by atoms with Crippen molar-refractivity contribution in [1.29, 1.82) is 0 Å². The van der Waals surface area contributed by atoms with Crippen LogP contribution >= 0.6 is 0 Å².